The zero-order valence-electron chi connectivity index (χ0n) is 9.34. The molecule has 86 valence electrons. The molecule has 0 saturated heterocycles. The average molecular weight is 245 g/mol. The van der Waals surface area contributed by atoms with Crippen LogP contribution in [0.5, 0.6) is 5.75 Å². The van der Waals surface area contributed by atoms with Crippen molar-refractivity contribution in [3.63, 3.8) is 0 Å². The first-order valence-corrected chi connectivity index (χ1v) is 6.22. The summed E-state index contributed by atoms with van der Waals surface area (Å²) in [5.41, 5.74) is 2.37. The number of rotatable bonds is 2. The third-order valence-corrected chi connectivity index (χ3v) is 3.65. The zero-order chi connectivity index (χ0) is 11.7. The molecule has 0 amide bonds. The molecule has 0 saturated carbocycles. The van der Waals surface area contributed by atoms with Crippen molar-refractivity contribution in [3.05, 3.63) is 65.7 Å². The Kier molecular flexibility index (Phi) is 2.77. The van der Waals surface area contributed by atoms with E-state index in [0.717, 1.165) is 17.7 Å². The number of hydrogen-bond acceptors (Lipinski definition) is 1. The maximum atomic E-state index is 6.48. The summed E-state index contributed by atoms with van der Waals surface area (Å²) in [4.78, 5) is 0. The molecule has 2 unspecified atom stereocenters. The number of benzene rings is 2. The highest BCUT2D eigenvalue weighted by Gasteiger charge is 2.29. The summed E-state index contributed by atoms with van der Waals surface area (Å²) < 4.78 is 5.89. The molecule has 2 aromatic rings. The van der Waals surface area contributed by atoms with Gasteiger partial charge in [-0.05, 0) is 17.2 Å². The van der Waals surface area contributed by atoms with Crippen LogP contribution in [0.15, 0.2) is 54.6 Å². The first-order chi connectivity index (χ1) is 8.34. The second-order valence-electron chi connectivity index (χ2n) is 4.28. The van der Waals surface area contributed by atoms with Crippen LogP contribution in [-0.2, 0) is 6.42 Å². The summed E-state index contributed by atoms with van der Waals surface area (Å²) in [7, 11) is 0. The molecule has 0 spiro atoms. The fourth-order valence-electron chi connectivity index (χ4n) is 2.22. The predicted octanol–water partition coefficient (Wildman–Crippen LogP) is 3.97. The number of halogens is 1. The molecule has 2 heteroatoms. The van der Waals surface area contributed by atoms with Gasteiger partial charge < -0.3 is 4.74 Å². The Hall–Kier alpha value is -1.47. The lowest BCUT2D eigenvalue weighted by atomic mass is 10.0. The van der Waals surface area contributed by atoms with Gasteiger partial charge in [-0.15, -0.1) is 11.6 Å². The molecular weight excluding hydrogens is 232 g/mol. The van der Waals surface area contributed by atoms with Crippen LogP contribution in [0.3, 0.4) is 0 Å². The smallest absolute Gasteiger partial charge is 0.123 e. The van der Waals surface area contributed by atoms with Crippen LogP contribution in [-0.4, -0.2) is 6.10 Å². The predicted molar refractivity (Wildman–Crippen MR) is 69.6 cm³/mol. The van der Waals surface area contributed by atoms with Crippen molar-refractivity contribution in [1.82, 2.24) is 0 Å². The van der Waals surface area contributed by atoms with Gasteiger partial charge in [0.25, 0.3) is 0 Å². The molecule has 1 aliphatic rings. The molecule has 0 aliphatic carbocycles. The highest BCUT2D eigenvalue weighted by Crippen LogP contribution is 2.36. The molecule has 0 bridgehead atoms. The molecule has 2 aromatic carbocycles. The summed E-state index contributed by atoms with van der Waals surface area (Å²) in [6, 6.07) is 18.2. The van der Waals surface area contributed by atoms with Gasteiger partial charge in [0.05, 0.1) is 5.38 Å². The molecule has 17 heavy (non-hydrogen) atoms. The molecule has 1 heterocycles. The van der Waals surface area contributed by atoms with Crippen LogP contribution in [0.25, 0.3) is 0 Å². The molecule has 1 aliphatic heterocycles. The summed E-state index contributed by atoms with van der Waals surface area (Å²) in [5, 5.41) is -0.0939. The number of alkyl halides is 1. The highest BCUT2D eigenvalue weighted by atomic mass is 35.5. The largest absolute Gasteiger partial charge is 0.488 e. The standard InChI is InChI=1S/C15H13ClO/c16-15(11-6-2-1-3-7-11)14-10-12-8-4-5-9-13(12)17-14/h1-9,14-15H,10H2. The number of hydrogen-bond donors (Lipinski definition) is 0. The first kappa shape index (κ1) is 10.7. The van der Waals surface area contributed by atoms with Gasteiger partial charge >= 0.3 is 0 Å². The Bertz CT molecular complexity index is 484. The third-order valence-electron chi connectivity index (χ3n) is 3.12. The zero-order valence-corrected chi connectivity index (χ0v) is 10.1. The number of ether oxygens (including phenoxy) is 1. The lowest BCUT2D eigenvalue weighted by Crippen LogP contribution is -2.19. The summed E-state index contributed by atoms with van der Waals surface area (Å²) in [5.74, 6) is 0.971. The normalized spacial score (nSPS) is 19.5. The highest BCUT2D eigenvalue weighted by molar-refractivity contribution is 6.21. The summed E-state index contributed by atoms with van der Waals surface area (Å²) in [6.45, 7) is 0. The summed E-state index contributed by atoms with van der Waals surface area (Å²) >= 11 is 6.48. The minimum Gasteiger partial charge on any atom is -0.488 e. The maximum Gasteiger partial charge on any atom is 0.123 e. The van der Waals surface area contributed by atoms with E-state index in [1.54, 1.807) is 0 Å². The quantitative estimate of drug-likeness (QED) is 0.727. The molecule has 2 atom stereocenters. The summed E-state index contributed by atoms with van der Waals surface area (Å²) in [6.07, 6.45) is 0.927. The lowest BCUT2D eigenvalue weighted by molar-refractivity contribution is 0.227. The van der Waals surface area contributed by atoms with Gasteiger partial charge in [0.15, 0.2) is 0 Å². The Morgan fingerprint density at radius 3 is 2.47 bits per heavy atom. The van der Waals surface area contributed by atoms with Gasteiger partial charge in [-0.2, -0.15) is 0 Å². The SMILES string of the molecule is ClC(c1ccccc1)C1Cc2ccccc2O1. The third kappa shape index (κ3) is 2.03. The van der Waals surface area contributed by atoms with E-state index in [1.165, 1.54) is 5.56 Å². The minimum absolute atomic E-state index is 0.0384. The first-order valence-electron chi connectivity index (χ1n) is 5.78. The van der Waals surface area contributed by atoms with E-state index in [1.807, 2.05) is 48.5 Å². The molecule has 0 aromatic heterocycles. The Morgan fingerprint density at radius 1 is 1.00 bits per heavy atom. The van der Waals surface area contributed by atoms with Crippen LogP contribution in [0, 0.1) is 0 Å². The van der Waals surface area contributed by atoms with Crippen molar-refractivity contribution in [1.29, 1.82) is 0 Å². The molecule has 0 fully saturated rings. The molecular formula is C15H13ClO. The van der Waals surface area contributed by atoms with Crippen molar-refractivity contribution in [2.75, 3.05) is 0 Å². The van der Waals surface area contributed by atoms with Crippen LogP contribution in [0.2, 0.25) is 0 Å². The Morgan fingerprint density at radius 2 is 1.71 bits per heavy atom. The van der Waals surface area contributed by atoms with Crippen molar-refractivity contribution in [2.24, 2.45) is 0 Å². The van der Waals surface area contributed by atoms with Gasteiger partial charge in [0, 0.05) is 6.42 Å². The lowest BCUT2D eigenvalue weighted by Gasteiger charge is -2.17. The van der Waals surface area contributed by atoms with E-state index in [2.05, 4.69) is 6.07 Å². The minimum atomic E-state index is -0.0939. The van der Waals surface area contributed by atoms with Gasteiger partial charge in [0.2, 0.25) is 0 Å². The van der Waals surface area contributed by atoms with Crippen LogP contribution < -0.4 is 4.74 Å². The number of para-hydroxylation sites is 1. The molecule has 0 radical (unpaired) electrons. The average Bonchev–Trinajstić information content (AvgIpc) is 2.82. The van der Waals surface area contributed by atoms with E-state index in [-0.39, 0.29) is 11.5 Å². The second kappa shape index (κ2) is 4.42. The Labute approximate surface area is 106 Å². The maximum absolute atomic E-state index is 6.48. The van der Waals surface area contributed by atoms with Crippen molar-refractivity contribution in [3.8, 4) is 5.75 Å². The molecule has 0 N–H and O–H groups in total. The van der Waals surface area contributed by atoms with E-state index < -0.39 is 0 Å². The number of fused-ring (bicyclic) bond motifs is 1. The monoisotopic (exact) mass is 244 g/mol. The van der Waals surface area contributed by atoms with Crippen LogP contribution in [0.1, 0.15) is 16.5 Å². The van der Waals surface area contributed by atoms with E-state index in [4.69, 9.17) is 16.3 Å². The van der Waals surface area contributed by atoms with Gasteiger partial charge in [-0.1, -0.05) is 48.5 Å². The van der Waals surface area contributed by atoms with Crippen molar-refractivity contribution in [2.45, 2.75) is 17.9 Å². The van der Waals surface area contributed by atoms with Gasteiger partial charge in [0.1, 0.15) is 11.9 Å². The van der Waals surface area contributed by atoms with Crippen LogP contribution in [0.4, 0.5) is 0 Å². The van der Waals surface area contributed by atoms with Crippen LogP contribution >= 0.6 is 11.6 Å². The topological polar surface area (TPSA) is 9.23 Å². The van der Waals surface area contributed by atoms with E-state index >= 15 is 0 Å². The van der Waals surface area contributed by atoms with E-state index in [9.17, 15) is 0 Å². The van der Waals surface area contributed by atoms with Crippen molar-refractivity contribution >= 4 is 11.6 Å². The fourth-order valence-corrected chi connectivity index (χ4v) is 2.51. The molecule has 1 nitrogen and oxygen atoms in total. The van der Waals surface area contributed by atoms with Gasteiger partial charge in [-0.3, -0.25) is 0 Å². The second-order valence-corrected chi connectivity index (χ2v) is 4.75. The fraction of sp³-hybridized carbons (Fsp3) is 0.200. The van der Waals surface area contributed by atoms with Gasteiger partial charge in [-0.25, -0.2) is 0 Å². The van der Waals surface area contributed by atoms with E-state index in [0.29, 0.717) is 0 Å². The Balaban J connectivity index is 1.81. The van der Waals surface area contributed by atoms with Crippen molar-refractivity contribution < 1.29 is 4.74 Å². The molecule has 3 rings (SSSR count).